The fourth-order valence-electron chi connectivity index (χ4n) is 1.97. The van der Waals surface area contributed by atoms with Crippen molar-refractivity contribution in [1.82, 2.24) is 4.90 Å². The molecule has 6 heteroatoms. The molecule has 0 aliphatic carbocycles. The van der Waals surface area contributed by atoms with Crippen LogP contribution in [-0.4, -0.2) is 35.0 Å². The first-order valence-corrected chi connectivity index (χ1v) is 6.22. The monoisotopic (exact) mass is 315 g/mol. The van der Waals surface area contributed by atoms with Gasteiger partial charge in [0.2, 0.25) is 0 Å². The number of likely N-dealkylation sites (tertiary alicyclic amines) is 1. The first-order valence-electron chi connectivity index (χ1n) is 5.43. The second-order valence-corrected chi connectivity index (χ2v) is 5.25. The Balaban J connectivity index is 1.99. The molecule has 1 fully saturated rings. The predicted octanol–water partition coefficient (Wildman–Crippen LogP) is 2.13. The van der Waals surface area contributed by atoms with Gasteiger partial charge in [0.05, 0.1) is 6.42 Å². The molecule has 1 aromatic rings. The summed E-state index contributed by atoms with van der Waals surface area (Å²) in [6.45, 7) is 0.832. The fraction of sp³-hybridized carbons (Fsp3) is 0.333. The van der Waals surface area contributed by atoms with Crippen LogP contribution in [0.1, 0.15) is 16.8 Å². The van der Waals surface area contributed by atoms with E-state index in [4.69, 9.17) is 5.11 Å². The maximum atomic E-state index is 13.1. The minimum Gasteiger partial charge on any atom is -0.481 e. The Morgan fingerprint density at radius 1 is 1.39 bits per heavy atom. The molecule has 0 spiro atoms. The molecule has 0 radical (unpaired) electrons. The SMILES string of the molecule is O=C(O)CC1CN(C(=O)c2cc(F)cc(Br)c2)C1. The normalized spacial score (nSPS) is 15.3. The zero-order valence-electron chi connectivity index (χ0n) is 9.40. The molecule has 96 valence electrons. The molecule has 1 aliphatic heterocycles. The van der Waals surface area contributed by atoms with Crippen molar-refractivity contribution in [1.29, 1.82) is 0 Å². The van der Waals surface area contributed by atoms with Crippen molar-refractivity contribution in [2.24, 2.45) is 5.92 Å². The van der Waals surface area contributed by atoms with Gasteiger partial charge in [-0.3, -0.25) is 9.59 Å². The van der Waals surface area contributed by atoms with Crippen LogP contribution in [0.5, 0.6) is 0 Å². The minimum atomic E-state index is -0.861. The van der Waals surface area contributed by atoms with Gasteiger partial charge in [-0.15, -0.1) is 0 Å². The van der Waals surface area contributed by atoms with E-state index in [1.807, 2.05) is 0 Å². The number of hydrogen-bond donors (Lipinski definition) is 1. The summed E-state index contributed by atoms with van der Waals surface area (Å²) >= 11 is 3.13. The Kier molecular flexibility index (Phi) is 3.65. The number of carboxylic acid groups (broad SMARTS) is 1. The van der Waals surface area contributed by atoms with Crippen molar-refractivity contribution >= 4 is 27.8 Å². The average molecular weight is 316 g/mol. The fourth-order valence-corrected chi connectivity index (χ4v) is 2.44. The molecular weight excluding hydrogens is 305 g/mol. The molecule has 0 saturated carbocycles. The number of amides is 1. The highest BCUT2D eigenvalue weighted by atomic mass is 79.9. The Labute approximate surface area is 112 Å². The molecule has 0 bridgehead atoms. The first kappa shape index (κ1) is 13.0. The lowest BCUT2D eigenvalue weighted by atomic mass is 9.95. The molecule has 18 heavy (non-hydrogen) atoms. The van der Waals surface area contributed by atoms with Crippen LogP contribution in [0.4, 0.5) is 4.39 Å². The summed E-state index contributed by atoms with van der Waals surface area (Å²) in [6.07, 6.45) is 0.0661. The smallest absolute Gasteiger partial charge is 0.303 e. The van der Waals surface area contributed by atoms with Gasteiger partial charge in [0.25, 0.3) is 5.91 Å². The third-order valence-electron chi connectivity index (χ3n) is 2.82. The zero-order chi connectivity index (χ0) is 13.3. The van der Waals surface area contributed by atoms with Crippen LogP contribution >= 0.6 is 15.9 Å². The van der Waals surface area contributed by atoms with Crippen molar-refractivity contribution in [3.63, 3.8) is 0 Å². The van der Waals surface area contributed by atoms with Crippen molar-refractivity contribution in [3.8, 4) is 0 Å². The van der Waals surface area contributed by atoms with E-state index in [0.717, 1.165) is 0 Å². The number of hydrogen-bond acceptors (Lipinski definition) is 2. The summed E-state index contributed by atoms with van der Waals surface area (Å²) in [5.41, 5.74) is 0.274. The Morgan fingerprint density at radius 2 is 2.06 bits per heavy atom. The van der Waals surface area contributed by atoms with Crippen molar-refractivity contribution in [2.45, 2.75) is 6.42 Å². The number of carbonyl (C=O) groups excluding carboxylic acids is 1. The third kappa shape index (κ3) is 2.87. The van der Waals surface area contributed by atoms with Gasteiger partial charge in [-0.2, -0.15) is 0 Å². The molecule has 1 aliphatic rings. The predicted molar refractivity (Wildman–Crippen MR) is 65.7 cm³/mol. The van der Waals surface area contributed by atoms with Gasteiger partial charge < -0.3 is 10.0 Å². The van der Waals surface area contributed by atoms with Gasteiger partial charge in [0.15, 0.2) is 0 Å². The molecule has 4 nitrogen and oxygen atoms in total. The summed E-state index contributed by atoms with van der Waals surface area (Å²) < 4.78 is 13.7. The van der Waals surface area contributed by atoms with Gasteiger partial charge in [0, 0.05) is 29.0 Å². The quantitative estimate of drug-likeness (QED) is 0.929. The number of carboxylic acids is 1. The van der Waals surface area contributed by atoms with Gasteiger partial charge in [-0.1, -0.05) is 15.9 Å². The lowest BCUT2D eigenvalue weighted by Crippen LogP contribution is -2.50. The van der Waals surface area contributed by atoms with Crippen LogP contribution in [0, 0.1) is 11.7 Å². The highest BCUT2D eigenvalue weighted by molar-refractivity contribution is 9.10. The van der Waals surface area contributed by atoms with Crippen LogP contribution in [0.15, 0.2) is 22.7 Å². The molecule has 1 N–H and O–H groups in total. The van der Waals surface area contributed by atoms with E-state index in [9.17, 15) is 14.0 Å². The van der Waals surface area contributed by atoms with Crippen LogP contribution in [0.25, 0.3) is 0 Å². The van der Waals surface area contributed by atoms with Crippen LogP contribution in [0.2, 0.25) is 0 Å². The number of aliphatic carboxylic acids is 1. The largest absolute Gasteiger partial charge is 0.481 e. The molecule has 1 heterocycles. The standard InChI is InChI=1S/C12H11BrFNO3/c13-9-2-8(3-10(14)4-9)12(18)15-5-7(6-15)1-11(16)17/h2-4,7H,1,5-6H2,(H,16,17). The van der Waals surface area contributed by atoms with Crippen LogP contribution in [-0.2, 0) is 4.79 Å². The summed E-state index contributed by atoms with van der Waals surface area (Å²) in [4.78, 5) is 24.0. The minimum absolute atomic E-state index is 0.00319. The molecule has 1 amide bonds. The van der Waals surface area contributed by atoms with E-state index in [2.05, 4.69) is 15.9 Å². The van der Waals surface area contributed by atoms with E-state index >= 15 is 0 Å². The van der Waals surface area contributed by atoms with E-state index < -0.39 is 11.8 Å². The second kappa shape index (κ2) is 5.06. The van der Waals surface area contributed by atoms with E-state index in [1.165, 1.54) is 17.0 Å². The lowest BCUT2D eigenvalue weighted by Gasteiger charge is -2.38. The van der Waals surface area contributed by atoms with Crippen LogP contribution < -0.4 is 0 Å². The van der Waals surface area contributed by atoms with Gasteiger partial charge in [-0.25, -0.2) is 4.39 Å². The average Bonchev–Trinajstić information content (AvgIpc) is 2.20. The van der Waals surface area contributed by atoms with E-state index in [1.54, 1.807) is 6.07 Å². The summed E-state index contributed by atoms with van der Waals surface area (Å²) in [5, 5.41) is 8.60. The van der Waals surface area contributed by atoms with Gasteiger partial charge >= 0.3 is 5.97 Å². The highest BCUT2D eigenvalue weighted by Gasteiger charge is 2.32. The molecule has 1 saturated heterocycles. The lowest BCUT2D eigenvalue weighted by molar-refractivity contribution is -0.139. The Hall–Kier alpha value is -1.43. The molecular formula is C12H11BrFNO3. The van der Waals surface area contributed by atoms with Gasteiger partial charge in [-0.05, 0) is 18.2 Å². The molecule has 2 rings (SSSR count). The molecule has 1 aromatic carbocycles. The maximum absolute atomic E-state index is 13.1. The maximum Gasteiger partial charge on any atom is 0.303 e. The molecule has 0 atom stereocenters. The number of benzene rings is 1. The highest BCUT2D eigenvalue weighted by Crippen LogP contribution is 2.23. The topological polar surface area (TPSA) is 57.6 Å². The van der Waals surface area contributed by atoms with Crippen molar-refractivity contribution in [2.75, 3.05) is 13.1 Å². The number of carbonyl (C=O) groups is 2. The number of rotatable bonds is 3. The molecule has 0 unspecified atom stereocenters. The zero-order valence-corrected chi connectivity index (χ0v) is 11.0. The second-order valence-electron chi connectivity index (χ2n) is 4.33. The summed E-state index contributed by atoms with van der Waals surface area (Å²) in [5.74, 6) is -1.60. The van der Waals surface area contributed by atoms with E-state index in [0.29, 0.717) is 17.6 Å². The number of nitrogens with zero attached hydrogens (tertiary/aromatic N) is 1. The number of halogens is 2. The first-order chi connectivity index (χ1) is 8.45. The Bertz CT molecular complexity index is 480. The van der Waals surface area contributed by atoms with Gasteiger partial charge in [0.1, 0.15) is 5.82 Å². The summed E-state index contributed by atoms with van der Waals surface area (Å²) in [6, 6.07) is 4.01. The summed E-state index contributed by atoms with van der Waals surface area (Å²) in [7, 11) is 0. The molecule has 0 aromatic heterocycles. The Morgan fingerprint density at radius 3 is 2.61 bits per heavy atom. The van der Waals surface area contributed by atoms with Crippen molar-refractivity contribution < 1.29 is 19.1 Å². The van der Waals surface area contributed by atoms with Crippen LogP contribution in [0.3, 0.4) is 0 Å². The third-order valence-corrected chi connectivity index (χ3v) is 3.28. The van der Waals surface area contributed by atoms with E-state index in [-0.39, 0.29) is 23.8 Å². The van der Waals surface area contributed by atoms with Crippen molar-refractivity contribution in [3.05, 3.63) is 34.1 Å².